The van der Waals surface area contributed by atoms with Gasteiger partial charge in [-0.2, -0.15) is 0 Å². The number of likely N-dealkylation sites (tertiary alicyclic amines) is 1. The lowest BCUT2D eigenvalue weighted by Gasteiger charge is -2.34. The number of aliphatic hydroxyl groups excluding tert-OH is 1. The Hall–Kier alpha value is -2.59. The van der Waals surface area contributed by atoms with E-state index in [2.05, 4.69) is 47.6 Å². The summed E-state index contributed by atoms with van der Waals surface area (Å²) in [4.78, 5) is 11.3. The van der Waals surface area contributed by atoms with Crippen LogP contribution in [0.5, 0.6) is 5.88 Å². The highest BCUT2D eigenvalue weighted by atomic mass is 32.2. The first-order valence-corrected chi connectivity index (χ1v) is 12.2. The third-order valence-corrected chi connectivity index (χ3v) is 7.08. The van der Waals surface area contributed by atoms with E-state index < -0.39 is 6.10 Å². The second kappa shape index (κ2) is 10.1. The molecule has 174 valence electrons. The van der Waals surface area contributed by atoms with Crippen molar-refractivity contribution < 1.29 is 9.84 Å². The predicted octanol–water partition coefficient (Wildman–Crippen LogP) is 2.74. The van der Waals surface area contributed by atoms with Gasteiger partial charge in [0.15, 0.2) is 0 Å². The third-order valence-electron chi connectivity index (χ3n) is 6.32. The molecule has 1 saturated heterocycles. The van der Waals surface area contributed by atoms with E-state index in [1.54, 1.807) is 31.5 Å². The Bertz CT molecular complexity index is 1090. The molecule has 2 unspecified atom stereocenters. The molecule has 3 N–H and O–H groups in total. The van der Waals surface area contributed by atoms with Crippen molar-refractivity contribution in [1.82, 2.24) is 29.2 Å². The van der Waals surface area contributed by atoms with E-state index in [1.165, 1.54) is 17.7 Å². The van der Waals surface area contributed by atoms with Crippen molar-refractivity contribution in [2.24, 2.45) is 5.92 Å². The fourth-order valence-electron chi connectivity index (χ4n) is 4.65. The highest BCUT2D eigenvalue weighted by Gasteiger charge is 2.24. The number of fused-ring (bicyclic) bond motifs is 2. The van der Waals surface area contributed by atoms with E-state index in [0.29, 0.717) is 23.9 Å². The van der Waals surface area contributed by atoms with E-state index in [0.717, 1.165) is 43.7 Å². The van der Waals surface area contributed by atoms with E-state index in [-0.39, 0.29) is 0 Å². The summed E-state index contributed by atoms with van der Waals surface area (Å²) in [7, 11) is 1.60. The highest BCUT2D eigenvalue weighted by Crippen LogP contribution is 2.28. The molecule has 33 heavy (non-hydrogen) atoms. The summed E-state index contributed by atoms with van der Waals surface area (Å²) in [5, 5.41) is 14.7. The maximum atomic E-state index is 11.0. The molecule has 5 heterocycles. The Labute approximate surface area is 198 Å². The van der Waals surface area contributed by atoms with Crippen molar-refractivity contribution in [2.45, 2.75) is 18.9 Å². The number of piperidine rings is 1. The SMILES string of the molecule is COc1ccc2nccc(C(O)CN3CCCC(CNCC4=CC5=CNSN5C=C4)C3)c2n1. The number of pyridine rings is 2. The van der Waals surface area contributed by atoms with Gasteiger partial charge in [-0.3, -0.25) is 9.29 Å². The van der Waals surface area contributed by atoms with E-state index in [1.807, 2.05) is 18.3 Å². The highest BCUT2D eigenvalue weighted by molar-refractivity contribution is 7.95. The summed E-state index contributed by atoms with van der Waals surface area (Å²) in [6, 6.07) is 5.54. The molecule has 0 amide bonds. The first-order chi connectivity index (χ1) is 16.2. The van der Waals surface area contributed by atoms with Crippen LogP contribution in [0.2, 0.25) is 0 Å². The lowest BCUT2D eigenvalue weighted by atomic mass is 9.97. The van der Waals surface area contributed by atoms with Gasteiger partial charge >= 0.3 is 0 Å². The molecule has 9 heteroatoms. The Kier molecular flexibility index (Phi) is 6.82. The molecule has 2 aromatic heterocycles. The molecule has 5 rings (SSSR count). The number of β-amino-alcohol motifs (C(OH)–C–C–N with tert-alkyl or cyclic N) is 1. The molecular formula is C24H30N6O2S. The van der Waals surface area contributed by atoms with Gasteiger partial charge in [-0.1, -0.05) is 0 Å². The monoisotopic (exact) mass is 466 g/mol. The van der Waals surface area contributed by atoms with Crippen molar-refractivity contribution in [3.05, 3.63) is 65.8 Å². The van der Waals surface area contributed by atoms with E-state index in [4.69, 9.17) is 4.74 Å². The number of aromatic nitrogens is 2. The van der Waals surface area contributed by atoms with Crippen molar-refractivity contribution in [1.29, 1.82) is 0 Å². The van der Waals surface area contributed by atoms with Crippen molar-refractivity contribution >= 4 is 23.2 Å². The zero-order valence-corrected chi connectivity index (χ0v) is 19.6. The number of allylic oxidation sites excluding steroid dienone is 1. The maximum Gasteiger partial charge on any atom is 0.213 e. The first-order valence-electron chi connectivity index (χ1n) is 11.4. The minimum atomic E-state index is -0.617. The average Bonchev–Trinajstić information content (AvgIpc) is 3.31. The quantitative estimate of drug-likeness (QED) is 0.509. The fraction of sp³-hybridized carbons (Fsp3) is 0.417. The molecule has 2 atom stereocenters. The van der Waals surface area contributed by atoms with E-state index in [9.17, 15) is 5.11 Å². The molecule has 0 radical (unpaired) electrons. The lowest BCUT2D eigenvalue weighted by Crippen LogP contribution is -2.41. The smallest absolute Gasteiger partial charge is 0.213 e. The second-order valence-corrected chi connectivity index (χ2v) is 9.49. The molecule has 3 aliphatic heterocycles. The zero-order chi connectivity index (χ0) is 22.6. The molecule has 2 aromatic rings. The Balaban J connectivity index is 1.15. The normalized spacial score (nSPS) is 21.4. The molecule has 0 bridgehead atoms. The molecule has 0 aliphatic carbocycles. The number of methoxy groups -OCH3 is 1. The summed E-state index contributed by atoms with van der Waals surface area (Å²) in [5.74, 6) is 1.11. The minimum Gasteiger partial charge on any atom is -0.481 e. The van der Waals surface area contributed by atoms with E-state index >= 15 is 0 Å². The van der Waals surface area contributed by atoms with Gasteiger partial charge in [-0.05, 0) is 61.7 Å². The fourth-order valence-corrected chi connectivity index (χ4v) is 5.27. The first kappa shape index (κ1) is 22.2. The van der Waals surface area contributed by atoms with Gasteiger partial charge in [-0.25, -0.2) is 4.98 Å². The van der Waals surface area contributed by atoms with Crippen LogP contribution in [0.3, 0.4) is 0 Å². The molecule has 1 fully saturated rings. The topological polar surface area (TPSA) is 85.8 Å². The summed E-state index contributed by atoms with van der Waals surface area (Å²) >= 11 is 1.58. The van der Waals surface area contributed by atoms with Crippen LogP contribution in [0.4, 0.5) is 0 Å². The van der Waals surface area contributed by atoms with Gasteiger partial charge in [0.2, 0.25) is 5.88 Å². The minimum absolute atomic E-state index is 0.530. The maximum absolute atomic E-state index is 11.0. The van der Waals surface area contributed by atoms with Crippen LogP contribution >= 0.6 is 12.1 Å². The number of nitrogens with zero attached hydrogens (tertiary/aromatic N) is 4. The van der Waals surface area contributed by atoms with Crippen LogP contribution in [0, 0.1) is 5.92 Å². The molecule has 8 nitrogen and oxygen atoms in total. The molecule has 0 aromatic carbocycles. The van der Waals surface area contributed by atoms with Gasteiger partial charge in [0, 0.05) is 49.9 Å². The number of rotatable bonds is 8. The summed E-state index contributed by atoms with van der Waals surface area (Å²) in [6.07, 6.45) is 12.0. The lowest BCUT2D eigenvalue weighted by molar-refractivity contribution is 0.0850. The number of ether oxygens (including phenoxy) is 1. The molecular weight excluding hydrogens is 436 g/mol. The van der Waals surface area contributed by atoms with Crippen LogP contribution in [0.25, 0.3) is 11.0 Å². The van der Waals surface area contributed by atoms with Gasteiger partial charge < -0.3 is 24.8 Å². The Morgan fingerprint density at radius 1 is 1.36 bits per heavy atom. The van der Waals surface area contributed by atoms with Gasteiger partial charge in [0.25, 0.3) is 0 Å². The summed E-state index contributed by atoms with van der Waals surface area (Å²) < 4.78 is 10.5. The second-order valence-electron chi connectivity index (χ2n) is 8.68. The van der Waals surface area contributed by atoms with Crippen LogP contribution in [-0.4, -0.2) is 64.1 Å². The zero-order valence-electron chi connectivity index (χ0n) is 18.8. The van der Waals surface area contributed by atoms with Crippen LogP contribution in [0.1, 0.15) is 24.5 Å². The van der Waals surface area contributed by atoms with Crippen molar-refractivity contribution in [2.75, 3.05) is 39.8 Å². The largest absolute Gasteiger partial charge is 0.481 e. The number of aliphatic hydroxyl groups is 1. The van der Waals surface area contributed by atoms with Gasteiger partial charge in [0.1, 0.15) is 0 Å². The van der Waals surface area contributed by atoms with Crippen molar-refractivity contribution in [3.63, 3.8) is 0 Å². The Morgan fingerprint density at radius 3 is 3.21 bits per heavy atom. The number of nitrogens with one attached hydrogen (secondary N) is 2. The number of hydrogen-bond donors (Lipinski definition) is 3. The van der Waals surface area contributed by atoms with Crippen LogP contribution < -0.4 is 14.8 Å². The third kappa shape index (κ3) is 5.16. The average molecular weight is 467 g/mol. The predicted molar refractivity (Wildman–Crippen MR) is 131 cm³/mol. The van der Waals surface area contributed by atoms with Crippen LogP contribution in [0.15, 0.2) is 60.2 Å². The Morgan fingerprint density at radius 2 is 2.30 bits per heavy atom. The van der Waals surface area contributed by atoms with Gasteiger partial charge in [0.05, 0.1) is 42.1 Å². The molecule has 0 saturated carbocycles. The number of hydrogen-bond acceptors (Lipinski definition) is 9. The standard InChI is InChI=1S/C24H30N6O2S/c1-32-23-5-4-21-24(28-23)20(6-8-26-21)22(31)16-29-9-2-3-18(15-29)13-25-12-17-7-10-30-19(11-17)14-27-33-30/h4-8,10-11,14,18,22,25,27,31H,2-3,9,12-13,15-16H2,1H3. The summed E-state index contributed by atoms with van der Waals surface area (Å²) in [5.41, 5.74) is 4.76. The summed E-state index contributed by atoms with van der Waals surface area (Å²) in [6.45, 7) is 4.43. The molecule has 3 aliphatic rings. The van der Waals surface area contributed by atoms with Gasteiger partial charge in [-0.15, -0.1) is 0 Å². The van der Waals surface area contributed by atoms with Crippen molar-refractivity contribution in [3.8, 4) is 5.88 Å². The molecule has 0 spiro atoms. The van der Waals surface area contributed by atoms with Crippen LogP contribution in [-0.2, 0) is 0 Å².